The molecule has 2 aliphatic rings. The van der Waals surface area contributed by atoms with E-state index in [1.807, 2.05) is 30.3 Å². The smallest absolute Gasteiger partial charge is 0.224 e. The lowest BCUT2D eigenvalue weighted by Gasteiger charge is -2.32. The number of nitrogens with one attached hydrogen (secondary N) is 1. The number of hydrogen-bond acceptors (Lipinski definition) is 4. The van der Waals surface area contributed by atoms with Crippen LogP contribution in [0.4, 0.5) is 0 Å². The molecule has 2 aromatic carbocycles. The SMILES string of the molecule is [2H]C1C([2H])C([2H])C([2H])(C(=O)N[C@H](C#N)Cc2ccc(-c3ccc(CN4CCN(C)CC4)cc3)cc2)C([2H])C1[2H]. The molecule has 0 spiro atoms. The lowest BCUT2D eigenvalue weighted by molar-refractivity contribution is -0.126. The predicted molar refractivity (Wildman–Crippen MR) is 132 cm³/mol. The summed E-state index contributed by atoms with van der Waals surface area (Å²) in [5.74, 6) is -3.41. The van der Waals surface area contributed by atoms with E-state index in [1.54, 1.807) is 0 Å². The minimum Gasteiger partial charge on any atom is -0.340 e. The molecule has 1 amide bonds. The first-order valence-electron chi connectivity index (χ1n) is 14.8. The molecule has 33 heavy (non-hydrogen) atoms. The molecule has 1 saturated heterocycles. The summed E-state index contributed by atoms with van der Waals surface area (Å²) in [4.78, 5) is 17.8. The van der Waals surface area contributed by atoms with Gasteiger partial charge in [-0.2, -0.15) is 5.26 Å². The first kappa shape index (κ1) is 16.9. The van der Waals surface area contributed by atoms with Gasteiger partial charge in [-0.15, -0.1) is 0 Å². The van der Waals surface area contributed by atoms with E-state index >= 15 is 0 Å². The van der Waals surface area contributed by atoms with Crippen LogP contribution >= 0.6 is 0 Å². The van der Waals surface area contributed by atoms with E-state index in [2.05, 4.69) is 46.4 Å². The Balaban J connectivity index is 1.37. The van der Waals surface area contributed by atoms with E-state index in [-0.39, 0.29) is 6.42 Å². The number of hydrogen-bond donors (Lipinski definition) is 1. The molecule has 2 fully saturated rings. The second kappa shape index (κ2) is 11.4. The summed E-state index contributed by atoms with van der Waals surface area (Å²) in [5, 5.41) is 12.1. The number of nitriles is 1. The second-order valence-electron chi connectivity index (χ2n) is 8.70. The largest absolute Gasteiger partial charge is 0.340 e. The van der Waals surface area contributed by atoms with Gasteiger partial charge in [-0.1, -0.05) is 67.7 Å². The van der Waals surface area contributed by atoms with Crippen molar-refractivity contribution in [2.45, 2.75) is 51.0 Å². The monoisotopic (exact) mass is 450 g/mol. The minimum absolute atomic E-state index is 0.170. The number of likely N-dealkylation sites (N-methyl/N-ethyl adjacent to an activating group) is 1. The van der Waals surface area contributed by atoms with Gasteiger partial charge >= 0.3 is 0 Å². The molecule has 5 nitrogen and oxygen atoms in total. The Morgan fingerprint density at radius 1 is 1.03 bits per heavy atom. The number of benzene rings is 2. The Kier molecular flexibility index (Phi) is 5.85. The molecular weight excluding hydrogens is 408 g/mol. The molecule has 0 radical (unpaired) electrons. The Morgan fingerprint density at radius 3 is 2.18 bits per heavy atom. The maximum atomic E-state index is 13.0. The van der Waals surface area contributed by atoms with Crippen molar-refractivity contribution in [2.24, 2.45) is 5.89 Å². The summed E-state index contributed by atoms with van der Waals surface area (Å²) in [6.45, 7) is 5.25. The lowest BCUT2D eigenvalue weighted by atomic mass is 9.88. The van der Waals surface area contributed by atoms with Crippen LogP contribution < -0.4 is 5.32 Å². The number of carbonyl (C=O) groups excluding carboxylic acids is 1. The molecule has 1 saturated carbocycles. The molecule has 4 unspecified atom stereocenters. The molecule has 0 bridgehead atoms. The van der Waals surface area contributed by atoms with Crippen LogP contribution in [0.1, 0.15) is 51.3 Å². The average Bonchev–Trinajstić information content (AvgIpc) is 2.95. The molecule has 5 heteroatoms. The van der Waals surface area contributed by atoms with Gasteiger partial charge < -0.3 is 10.2 Å². The highest BCUT2D eigenvalue weighted by Gasteiger charge is 2.23. The summed E-state index contributed by atoms with van der Waals surface area (Å²) < 4.78 is 48.7. The Hall–Kier alpha value is -2.68. The van der Waals surface area contributed by atoms with Crippen molar-refractivity contribution in [1.29, 1.82) is 5.26 Å². The number of nitrogens with zero attached hydrogens (tertiary/aromatic N) is 3. The molecular formula is C28H36N4O. The highest BCUT2D eigenvalue weighted by Crippen LogP contribution is 2.24. The van der Waals surface area contributed by atoms with Gasteiger partial charge in [0.2, 0.25) is 5.91 Å². The summed E-state index contributed by atoms with van der Waals surface area (Å²) >= 11 is 0. The fourth-order valence-corrected chi connectivity index (χ4v) is 4.10. The topological polar surface area (TPSA) is 59.4 Å². The third kappa shape index (κ3) is 6.66. The van der Waals surface area contributed by atoms with Crippen molar-refractivity contribution < 1.29 is 13.0 Å². The van der Waals surface area contributed by atoms with Crippen LogP contribution in [0.5, 0.6) is 0 Å². The van der Waals surface area contributed by atoms with E-state index < -0.39 is 49.8 Å². The summed E-state index contributed by atoms with van der Waals surface area (Å²) in [6, 6.07) is 17.2. The zero-order valence-electron chi connectivity index (χ0n) is 25.1. The van der Waals surface area contributed by atoms with Gasteiger partial charge in [0.05, 0.1) is 6.07 Å². The Bertz CT molecular complexity index is 1150. The maximum Gasteiger partial charge on any atom is 0.224 e. The minimum atomic E-state index is -2.40. The summed E-state index contributed by atoms with van der Waals surface area (Å²) in [5.41, 5.74) is 4.17. The lowest BCUT2D eigenvalue weighted by Crippen LogP contribution is -2.43. The van der Waals surface area contributed by atoms with Crippen molar-refractivity contribution in [3.8, 4) is 17.2 Å². The van der Waals surface area contributed by atoms with Crippen molar-refractivity contribution in [1.82, 2.24) is 15.1 Å². The van der Waals surface area contributed by atoms with Crippen LogP contribution in [0.15, 0.2) is 48.5 Å². The predicted octanol–water partition coefficient (Wildman–Crippen LogP) is 4.23. The summed E-state index contributed by atoms with van der Waals surface area (Å²) in [7, 11) is 2.15. The second-order valence-corrected chi connectivity index (χ2v) is 8.70. The van der Waals surface area contributed by atoms with E-state index in [1.165, 1.54) is 5.56 Å². The molecule has 174 valence electrons. The van der Waals surface area contributed by atoms with Gasteiger partial charge in [-0.3, -0.25) is 9.69 Å². The molecule has 1 N–H and O–H groups in total. The fourth-order valence-electron chi connectivity index (χ4n) is 4.10. The third-order valence-electron chi connectivity index (χ3n) is 6.18. The number of rotatable bonds is 7. The van der Waals surface area contributed by atoms with Gasteiger partial charge in [-0.25, -0.2) is 0 Å². The van der Waals surface area contributed by atoms with Gasteiger partial charge in [0.1, 0.15) is 6.04 Å². The van der Waals surface area contributed by atoms with Crippen LogP contribution in [-0.2, 0) is 17.8 Å². The number of carbonyl (C=O) groups is 1. The standard InChI is InChI=1S/C28H36N4O/c1-31-15-17-32(18-16-31)21-23-9-13-25(14-10-23)24-11-7-22(8-12-24)19-27(20-29)30-28(33)26-5-3-2-4-6-26/h7-14,26-27H,2-6,15-19,21H2,1H3,(H,30,33)/t27-/m0/s1/i2D,3D,4D,5D,6D,26D/t2?,3?,4?,5?,6?,26?,27-. The molecule has 1 aliphatic heterocycles. The number of piperazine rings is 1. The zero-order chi connectivity index (χ0) is 28.3. The van der Waals surface area contributed by atoms with E-state index in [0.29, 0.717) is 0 Å². The molecule has 5 atom stereocenters. The van der Waals surface area contributed by atoms with Crippen LogP contribution in [-0.4, -0.2) is 55.0 Å². The molecule has 1 aliphatic carbocycles. The first-order valence-corrected chi connectivity index (χ1v) is 11.5. The molecule has 2 aromatic rings. The van der Waals surface area contributed by atoms with Gasteiger partial charge in [0.15, 0.2) is 0 Å². The fraction of sp³-hybridized carbons (Fsp3) is 0.500. The van der Waals surface area contributed by atoms with E-state index in [9.17, 15) is 10.1 Å². The highest BCUT2D eigenvalue weighted by molar-refractivity contribution is 5.79. The quantitative estimate of drug-likeness (QED) is 0.686. The third-order valence-corrected chi connectivity index (χ3v) is 6.18. The average molecular weight is 451 g/mol. The molecule has 0 aromatic heterocycles. The van der Waals surface area contributed by atoms with Gasteiger partial charge in [-0.05, 0) is 42.1 Å². The van der Waals surface area contributed by atoms with Gasteiger partial charge in [0.25, 0.3) is 0 Å². The molecule has 1 heterocycles. The van der Waals surface area contributed by atoms with Crippen LogP contribution in [0.25, 0.3) is 11.1 Å². The number of amides is 1. The Morgan fingerprint density at radius 2 is 1.61 bits per heavy atom. The van der Waals surface area contributed by atoms with Crippen molar-refractivity contribution >= 4 is 5.91 Å². The summed E-state index contributed by atoms with van der Waals surface area (Å²) in [6.07, 6.45) is -7.38. The normalized spacial score (nSPS) is 36.7. The van der Waals surface area contributed by atoms with Crippen molar-refractivity contribution in [2.75, 3.05) is 33.2 Å². The maximum absolute atomic E-state index is 13.0. The van der Waals surface area contributed by atoms with Crippen molar-refractivity contribution in [3.05, 3.63) is 59.7 Å². The van der Waals surface area contributed by atoms with Crippen LogP contribution in [0, 0.1) is 17.2 Å². The highest BCUT2D eigenvalue weighted by atomic mass is 16.1. The van der Waals surface area contributed by atoms with E-state index in [4.69, 9.17) is 8.22 Å². The zero-order valence-corrected chi connectivity index (χ0v) is 19.1. The molecule has 4 rings (SSSR count). The van der Waals surface area contributed by atoms with Crippen LogP contribution in [0.3, 0.4) is 0 Å². The Labute approximate surface area is 206 Å². The van der Waals surface area contributed by atoms with Crippen LogP contribution in [0.2, 0.25) is 0 Å². The van der Waals surface area contributed by atoms with Crippen molar-refractivity contribution in [3.63, 3.8) is 0 Å². The van der Waals surface area contributed by atoms with E-state index in [0.717, 1.165) is 49.4 Å². The van der Waals surface area contributed by atoms with Gasteiger partial charge in [0, 0.05) is 53.3 Å². The first-order chi connectivity index (χ1) is 18.5.